The third kappa shape index (κ3) is 27.4. The summed E-state index contributed by atoms with van der Waals surface area (Å²) in [7, 11) is 0. The summed E-state index contributed by atoms with van der Waals surface area (Å²) in [5, 5.41) is 0. The molecule has 0 fully saturated rings. The van der Waals surface area contributed by atoms with Crippen LogP contribution in [0, 0.1) is 0 Å². The average Bonchev–Trinajstić information content (AvgIpc) is 2.77. The Morgan fingerprint density at radius 3 is 1.32 bits per heavy atom. The lowest BCUT2D eigenvalue weighted by molar-refractivity contribution is -0.144. The standard InChI is InChI=1S/C27H54O4/c1-3-5-7-9-10-11-12-13-14-15-17-19-24-31-27(28)21-20-23-30-26-25-29-22-18-16-8-6-4-2/h3-26H2,1-2H3. The van der Waals surface area contributed by atoms with E-state index in [2.05, 4.69) is 13.8 Å². The summed E-state index contributed by atoms with van der Waals surface area (Å²) in [6.45, 7) is 7.77. The highest BCUT2D eigenvalue weighted by Gasteiger charge is 2.02. The molecular formula is C27H54O4. The van der Waals surface area contributed by atoms with Gasteiger partial charge in [0.05, 0.1) is 19.8 Å². The molecule has 0 bridgehead atoms. The van der Waals surface area contributed by atoms with Crippen LogP contribution in [0.4, 0.5) is 0 Å². The second kappa shape index (κ2) is 27.4. The van der Waals surface area contributed by atoms with Gasteiger partial charge in [0.2, 0.25) is 0 Å². The van der Waals surface area contributed by atoms with Crippen molar-refractivity contribution in [3.05, 3.63) is 0 Å². The normalized spacial score (nSPS) is 11.2. The van der Waals surface area contributed by atoms with Crippen LogP contribution in [0.5, 0.6) is 0 Å². The molecule has 0 atom stereocenters. The van der Waals surface area contributed by atoms with Crippen molar-refractivity contribution in [2.24, 2.45) is 0 Å². The molecule has 0 aliphatic heterocycles. The maximum atomic E-state index is 11.7. The molecule has 0 aliphatic rings. The van der Waals surface area contributed by atoms with Gasteiger partial charge in [-0.1, -0.05) is 110 Å². The summed E-state index contributed by atoms with van der Waals surface area (Å²) in [4.78, 5) is 11.7. The van der Waals surface area contributed by atoms with E-state index in [1.165, 1.54) is 96.3 Å². The highest BCUT2D eigenvalue weighted by molar-refractivity contribution is 5.69. The van der Waals surface area contributed by atoms with E-state index in [0.717, 1.165) is 25.9 Å². The lowest BCUT2D eigenvalue weighted by Gasteiger charge is -2.07. The first kappa shape index (κ1) is 30.4. The molecule has 0 aromatic heterocycles. The van der Waals surface area contributed by atoms with Crippen molar-refractivity contribution in [2.45, 2.75) is 136 Å². The third-order valence-electron chi connectivity index (χ3n) is 5.69. The lowest BCUT2D eigenvalue weighted by atomic mass is 10.1. The molecular weight excluding hydrogens is 388 g/mol. The summed E-state index contributed by atoms with van der Waals surface area (Å²) in [6, 6.07) is 0. The van der Waals surface area contributed by atoms with Crippen LogP contribution in [-0.4, -0.2) is 39.0 Å². The number of rotatable bonds is 26. The first-order valence-electron chi connectivity index (χ1n) is 13.6. The Kier molecular flexibility index (Phi) is 26.9. The highest BCUT2D eigenvalue weighted by atomic mass is 16.5. The smallest absolute Gasteiger partial charge is 0.305 e. The molecule has 0 saturated heterocycles. The summed E-state index contributed by atoms with van der Waals surface area (Å²) >= 11 is 0. The van der Waals surface area contributed by atoms with Crippen molar-refractivity contribution in [3.63, 3.8) is 0 Å². The minimum atomic E-state index is -0.0880. The largest absolute Gasteiger partial charge is 0.466 e. The number of carbonyl (C=O) groups excluding carboxylic acids is 1. The molecule has 0 radical (unpaired) electrons. The van der Waals surface area contributed by atoms with Gasteiger partial charge in [0.15, 0.2) is 0 Å². The van der Waals surface area contributed by atoms with Crippen LogP contribution in [0.15, 0.2) is 0 Å². The summed E-state index contributed by atoms with van der Waals surface area (Å²) in [5.41, 5.74) is 0. The number of unbranched alkanes of at least 4 members (excludes halogenated alkanes) is 15. The number of hydrogen-bond acceptors (Lipinski definition) is 4. The van der Waals surface area contributed by atoms with E-state index >= 15 is 0 Å². The van der Waals surface area contributed by atoms with Crippen LogP contribution in [0.3, 0.4) is 0 Å². The molecule has 0 heterocycles. The Morgan fingerprint density at radius 2 is 0.839 bits per heavy atom. The Labute approximate surface area is 194 Å². The molecule has 31 heavy (non-hydrogen) atoms. The first-order valence-corrected chi connectivity index (χ1v) is 13.6. The van der Waals surface area contributed by atoms with Crippen LogP contribution in [-0.2, 0) is 19.0 Å². The Balaban J connectivity index is 3.14. The number of hydrogen-bond donors (Lipinski definition) is 0. The van der Waals surface area contributed by atoms with E-state index in [-0.39, 0.29) is 5.97 Å². The van der Waals surface area contributed by atoms with Gasteiger partial charge >= 0.3 is 5.97 Å². The van der Waals surface area contributed by atoms with Crippen LogP contribution in [0.2, 0.25) is 0 Å². The van der Waals surface area contributed by atoms with Crippen molar-refractivity contribution < 1.29 is 19.0 Å². The first-order chi connectivity index (χ1) is 15.3. The predicted molar refractivity (Wildman–Crippen MR) is 132 cm³/mol. The van der Waals surface area contributed by atoms with Crippen LogP contribution < -0.4 is 0 Å². The zero-order valence-electron chi connectivity index (χ0n) is 21.1. The van der Waals surface area contributed by atoms with Gasteiger partial charge in [-0.05, 0) is 19.3 Å². The van der Waals surface area contributed by atoms with Gasteiger partial charge in [-0.2, -0.15) is 0 Å². The van der Waals surface area contributed by atoms with Crippen LogP contribution in [0.1, 0.15) is 136 Å². The second-order valence-electron chi connectivity index (χ2n) is 8.85. The molecule has 0 aromatic rings. The molecule has 0 N–H and O–H groups in total. The van der Waals surface area contributed by atoms with Crippen molar-refractivity contribution in [1.82, 2.24) is 0 Å². The van der Waals surface area contributed by atoms with Gasteiger partial charge in [-0.3, -0.25) is 4.79 Å². The fourth-order valence-corrected chi connectivity index (χ4v) is 3.65. The quantitative estimate of drug-likeness (QED) is 0.100. The number of ether oxygens (including phenoxy) is 3. The number of carbonyl (C=O) groups is 1. The molecule has 0 spiro atoms. The zero-order chi connectivity index (χ0) is 22.7. The fraction of sp³-hybridized carbons (Fsp3) is 0.963. The maximum Gasteiger partial charge on any atom is 0.305 e. The van der Waals surface area contributed by atoms with E-state index < -0.39 is 0 Å². The number of esters is 1. The van der Waals surface area contributed by atoms with Crippen LogP contribution >= 0.6 is 0 Å². The molecule has 0 unspecified atom stereocenters. The second-order valence-corrected chi connectivity index (χ2v) is 8.85. The van der Waals surface area contributed by atoms with Crippen molar-refractivity contribution in [1.29, 1.82) is 0 Å². The summed E-state index contributed by atoms with van der Waals surface area (Å²) < 4.78 is 16.4. The molecule has 186 valence electrons. The molecule has 0 aromatic carbocycles. The Hall–Kier alpha value is -0.610. The molecule has 4 nitrogen and oxygen atoms in total. The lowest BCUT2D eigenvalue weighted by Crippen LogP contribution is -2.09. The van der Waals surface area contributed by atoms with E-state index in [1.54, 1.807) is 0 Å². The highest BCUT2D eigenvalue weighted by Crippen LogP contribution is 2.12. The van der Waals surface area contributed by atoms with E-state index in [4.69, 9.17) is 14.2 Å². The third-order valence-corrected chi connectivity index (χ3v) is 5.69. The van der Waals surface area contributed by atoms with Gasteiger partial charge in [0.1, 0.15) is 0 Å². The van der Waals surface area contributed by atoms with Crippen LogP contribution in [0.25, 0.3) is 0 Å². The van der Waals surface area contributed by atoms with E-state index in [1.807, 2.05) is 0 Å². The van der Waals surface area contributed by atoms with Gasteiger partial charge in [0.25, 0.3) is 0 Å². The van der Waals surface area contributed by atoms with Gasteiger partial charge in [-0.25, -0.2) is 0 Å². The summed E-state index contributed by atoms with van der Waals surface area (Å²) in [6.07, 6.45) is 23.4. The maximum absolute atomic E-state index is 11.7. The Morgan fingerprint density at radius 1 is 0.452 bits per heavy atom. The fourth-order valence-electron chi connectivity index (χ4n) is 3.65. The van der Waals surface area contributed by atoms with Gasteiger partial charge in [-0.15, -0.1) is 0 Å². The summed E-state index contributed by atoms with van der Waals surface area (Å²) in [5.74, 6) is -0.0880. The van der Waals surface area contributed by atoms with E-state index in [9.17, 15) is 4.79 Å². The molecule has 0 amide bonds. The van der Waals surface area contributed by atoms with Gasteiger partial charge in [0, 0.05) is 19.6 Å². The monoisotopic (exact) mass is 442 g/mol. The van der Waals surface area contributed by atoms with Crippen molar-refractivity contribution in [3.8, 4) is 0 Å². The minimum absolute atomic E-state index is 0.0880. The molecule has 0 aliphatic carbocycles. The SMILES string of the molecule is CCCCCCCCCCCCCCOC(=O)CCCOCCOCCCCCCC. The van der Waals surface area contributed by atoms with Gasteiger partial charge < -0.3 is 14.2 Å². The van der Waals surface area contributed by atoms with Crippen molar-refractivity contribution in [2.75, 3.05) is 33.0 Å². The Bertz CT molecular complexity index is 346. The predicted octanol–water partition coefficient (Wildman–Crippen LogP) is 8.01. The average molecular weight is 443 g/mol. The minimum Gasteiger partial charge on any atom is -0.466 e. The molecule has 0 rings (SSSR count). The zero-order valence-corrected chi connectivity index (χ0v) is 21.1. The molecule has 0 saturated carbocycles. The van der Waals surface area contributed by atoms with Crippen molar-refractivity contribution >= 4 is 5.97 Å². The van der Waals surface area contributed by atoms with E-state index in [0.29, 0.717) is 32.8 Å². The topological polar surface area (TPSA) is 44.8 Å². The molecule has 4 heteroatoms.